The van der Waals surface area contributed by atoms with Gasteiger partial charge in [-0.25, -0.2) is 0 Å². The molecule has 0 bridgehead atoms. The second-order valence-electron chi connectivity index (χ2n) is 3.06. The molecule has 1 rings (SSSR count). The number of nitrogens with one attached hydrogen (secondary N) is 1. The van der Waals surface area contributed by atoms with Gasteiger partial charge in [-0.2, -0.15) is 0 Å². The molecule has 0 spiro atoms. The van der Waals surface area contributed by atoms with Crippen molar-refractivity contribution < 1.29 is 4.74 Å². The third kappa shape index (κ3) is 3.47. The number of rotatable bonds is 5. The van der Waals surface area contributed by atoms with Crippen LogP contribution in [-0.2, 0) is 11.3 Å². The van der Waals surface area contributed by atoms with Crippen molar-refractivity contribution in [2.24, 2.45) is 0 Å². The van der Waals surface area contributed by atoms with E-state index in [2.05, 4.69) is 36.5 Å². The summed E-state index contributed by atoms with van der Waals surface area (Å²) < 4.78 is 5.03. The Kier molecular flexibility index (Phi) is 4.33. The summed E-state index contributed by atoms with van der Waals surface area (Å²) in [5.74, 6) is 0. The van der Waals surface area contributed by atoms with Crippen LogP contribution in [0.15, 0.2) is 24.3 Å². The molecule has 1 N–H and O–H groups in total. The van der Waals surface area contributed by atoms with Gasteiger partial charge in [-0.05, 0) is 24.1 Å². The van der Waals surface area contributed by atoms with E-state index in [1.807, 2.05) is 0 Å². The Labute approximate surface area is 79.9 Å². The second-order valence-corrected chi connectivity index (χ2v) is 3.06. The highest BCUT2D eigenvalue weighted by atomic mass is 16.5. The fraction of sp³-hybridized carbons (Fsp3) is 0.455. The second kappa shape index (κ2) is 5.60. The molecule has 0 radical (unpaired) electrons. The van der Waals surface area contributed by atoms with Crippen molar-refractivity contribution in [3.05, 3.63) is 29.8 Å². The molecule has 2 nitrogen and oxygen atoms in total. The Bertz CT molecular complexity index is 230. The average molecular weight is 179 g/mol. The Morgan fingerprint density at radius 2 is 1.92 bits per heavy atom. The number of ether oxygens (including phenoxy) is 1. The summed E-state index contributed by atoms with van der Waals surface area (Å²) in [6, 6.07) is 8.34. The smallest absolute Gasteiger partial charge is 0.0713 e. The van der Waals surface area contributed by atoms with Gasteiger partial charge in [0.15, 0.2) is 0 Å². The normalized spacial score (nSPS) is 10.0. The van der Waals surface area contributed by atoms with Crippen molar-refractivity contribution in [1.29, 1.82) is 0 Å². The molecule has 1 aromatic rings. The standard InChI is InChI=1S/C11H17NO/c1-3-8-12-11-6-4-10(5-7-11)9-13-2/h4-7,12H,3,8-9H2,1-2H3. The first-order chi connectivity index (χ1) is 6.36. The van der Waals surface area contributed by atoms with E-state index in [9.17, 15) is 0 Å². The van der Waals surface area contributed by atoms with Crippen LogP contribution in [0.4, 0.5) is 5.69 Å². The highest BCUT2D eigenvalue weighted by Crippen LogP contribution is 2.09. The zero-order valence-electron chi connectivity index (χ0n) is 8.34. The minimum Gasteiger partial charge on any atom is -0.385 e. The summed E-state index contributed by atoms with van der Waals surface area (Å²) >= 11 is 0. The van der Waals surface area contributed by atoms with Crippen LogP contribution >= 0.6 is 0 Å². The lowest BCUT2D eigenvalue weighted by Crippen LogP contribution is -1.99. The summed E-state index contributed by atoms with van der Waals surface area (Å²) in [6.07, 6.45) is 1.15. The van der Waals surface area contributed by atoms with E-state index >= 15 is 0 Å². The molecule has 0 atom stereocenters. The van der Waals surface area contributed by atoms with Gasteiger partial charge >= 0.3 is 0 Å². The maximum absolute atomic E-state index is 5.03. The Balaban J connectivity index is 2.48. The zero-order valence-corrected chi connectivity index (χ0v) is 8.34. The van der Waals surface area contributed by atoms with E-state index in [4.69, 9.17) is 4.74 Å². The highest BCUT2D eigenvalue weighted by molar-refractivity contribution is 5.44. The van der Waals surface area contributed by atoms with Gasteiger partial charge in [-0.15, -0.1) is 0 Å². The van der Waals surface area contributed by atoms with Crippen LogP contribution in [-0.4, -0.2) is 13.7 Å². The third-order valence-electron chi connectivity index (χ3n) is 1.84. The molecule has 13 heavy (non-hydrogen) atoms. The monoisotopic (exact) mass is 179 g/mol. The first-order valence-corrected chi connectivity index (χ1v) is 4.68. The fourth-order valence-corrected chi connectivity index (χ4v) is 1.15. The molecule has 0 saturated heterocycles. The lowest BCUT2D eigenvalue weighted by atomic mass is 10.2. The Hall–Kier alpha value is -1.02. The van der Waals surface area contributed by atoms with Crippen LogP contribution in [0.2, 0.25) is 0 Å². The van der Waals surface area contributed by atoms with Gasteiger partial charge in [0, 0.05) is 19.3 Å². The number of benzene rings is 1. The molecule has 0 saturated carbocycles. The van der Waals surface area contributed by atoms with Crippen LogP contribution in [0.1, 0.15) is 18.9 Å². The van der Waals surface area contributed by atoms with E-state index in [0.717, 1.165) is 13.0 Å². The largest absolute Gasteiger partial charge is 0.385 e. The maximum atomic E-state index is 5.03. The van der Waals surface area contributed by atoms with Crippen LogP contribution in [0, 0.1) is 0 Å². The van der Waals surface area contributed by atoms with Gasteiger partial charge in [-0.3, -0.25) is 0 Å². The maximum Gasteiger partial charge on any atom is 0.0713 e. The van der Waals surface area contributed by atoms with Crippen molar-refractivity contribution in [2.75, 3.05) is 19.0 Å². The average Bonchev–Trinajstić information content (AvgIpc) is 2.17. The van der Waals surface area contributed by atoms with Crippen molar-refractivity contribution in [3.63, 3.8) is 0 Å². The predicted molar refractivity (Wildman–Crippen MR) is 55.9 cm³/mol. The van der Waals surface area contributed by atoms with Gasteiger partial charge in [0.1, 0.15) is 0 Å². The number of anilines is 1. The van der Waals surface area contributed by atoms with E-state index in [-0.39, 0.29) is 0 Å². The summed E-state index contributed by atoms with van der Waals surface area (Å²) in [7, 11) is 1.71. The molecular formula is C11H17NO. The molecule has 0 aromatic heterocycles. The minimum absolute atomic E-state index is 0.689. The molecule has 0 unspecified atom stereocenters. The fourth-order valence-electron chi connectivity index (χ4n) is 1.15. The number of methoxy groups -OCH3 is 1. The number of hydrogen-bond donors (Lipinski definition) is 1. The molecule has 0 aliphatic carbocycles. The van der Waals surface area contributed by atoms with Crippen molar-refractivity contribution in [3.8, 4) is 0 Å². The zero-order chi connectivity index (χ0) is 9.52. The van der Waals surface area contributed by atoms with Crippen molar-refractivity contribution in [1.82, 2.24) is 0 Å². The molecule has 0 aliphatic heterocycles. The first-order valence-electron chi connectivity index (χ1n) is 4.68. The van der Waals surface area contributed by atoms with E-state index in [0.29, 0.717) is 6.61 Å². The van der Waals surface area contributed by atoms with Gasteiger partial charge < -0.3 is 10.1 Å². The van der Waals surface area contributed by atoms with E-state index in [1.165, 1.54) is 11.3 Å². The first kappa shape index (κ1) is 10.1. The van der Waals surface area contributed by atoms with Crippen LogP contribution in [0.5, 0.6) is 0 Å². The quantitative estimate of drug-likeness (QED) is 0.750. The van der Waals surface area contributed by atoms with Crippen molar-refractivity contribution >= 4 is 5.69 Å². The summed E-state index contributed by atoms with van der Waals surface area (Å²) in [5.41, 5.74) is 2.39. The lowest BCUT2D eigenvalue weighted by molar-refractivity contribution is 0.185. The highest BCUT2D eigenvalue weighted by Gasteiger charge is 1.92. The van der Waals surface area contributed by atoms with E-state index < -0.39 is 0 Å². The summed E-state index contributed by atoms with van der Waals surface area (Å²) in [4.78, 5) is 0. The SMILES string of the molecule is CCCNc1ccc(COC)cc1. The lowest BCUT2D eigenvalue weighted by Gasteiger charge is -2.05. The minimum atomic E-state index is 0.689. The molecule has 2 heteroatoms. The van der Waals surface area contributed by atoms with Gasteiger partial charge in [0.05, 0.1) is 6.61 Å². The third-order valence-corrected chi connectivity index (χ3v) is 1.84. The van der Waals surface area contributed by atoms with Gasteiger partial charge in [0.2, 0.25) is 0 Å². The Morgan fingerprint density at radius 3 is 2.46 bits per heavy atom. The summed E-state index contributed by atoms with van der Waals surface area (Å²) in [5, 5.41) is 3.32. The molecular weight excluding hydrogens is 162 g/mol. The predicted octanol–water partition coefficient (Wildman–Crippen LogP) is 2.65. The van der Waals surface area contributed by atoms with Gasteiger partial charge in [-0.1, -0.05) is 19.1 Å². The molecule has 72 valence electrons. The molecule has 0 aliphatic rings. The van der Waals surface area contributed by atoms with E-state index in [1.54, 1.807) is 7.11 Å². The molecule has 0 fully saturated rings. The van der Waals surface area contributed by atoms with Gasteiger partial charge in [0.25, 0.3) is 0 Å². The van der Waals surface area contributed by atoms with Crippen LogP contribution in [0.3, 0.4) is 0 Å². The number of hydrogen-bond acceptors (Lipinski definition) is 2. The van der Waals surface area contributed by atoms with Crippen molar-refractivity contribution in [2.45, 2.75) is 20.0 Å². The van der Waals surface area contributed by atoms with Crippen LogP contribution in [0.25, 0.3) is 0 Å². The molecule has 0 heterocycles. The topological polar surface area (TPSA) is 21.3 Å². The van der Waals surface area contributed by atoms with Crippen LogP contribution < -0.4 is 5.32 Å². The molecule has 1 aromatic carbocycles. The summed E-state index contributed by atoms with van der Waals surface area (Å²) in [6.45, 7) is 3.88. The Morgan fingerprint density at radius 1 is 1.23 bits per heavy atom. The molecule has 0 amide bonds.